The highest BCUT2D eigenvalue weighted by molar-refractivity contribution is 6.06. The summed E-state index contributed by atoms with van der Waals surface area (Å²) in [5.74, 6) is 0.607. The largest absolute Gasteiger partial charge is 0.450 e. The zero-order valence-corrected chi connectivity index (χ0v) is 15.8. The number of carbonyl (C=O) groups excluding carboxylic acids is 2. The molecule has 0 spiro atoms. The van der Waals surface area contributed by atoms with Crippen LogP contribution in [-0.4, -0.2) is 45.0 Å². The van der Waals surface area contributed by atoms with Gasteiger partial charge in [-0.15, -0.1) is 0 Å². The first-order valence-corrected chi connectivity index (χ1v) is 9.20. The van der Waals surface area contributed by atoms with Crippen molar-refractivity contribution in [1.82, 2.24) is 19.9 Å². The van der Waals surface area contributed by atoms with Crippen LogP contribution in [0.4, 0.5) is 10.5 Å². The Hall–Kier alpha value is -3.42. The van der Waals surface area contributed by atoms with Gasteiger partial charge in [0.1, 0.15) is 5.82 Å². The van der Waals surface area contributed by atoms with Gasteiger partial charge in [0.05, 0.1) is 29.7 Å². The molecule has 2 aromatic heterocycles. The molecular weight excluding hydrogens is 358 g/mol. The number of rotatable bonds is 3. The lowest BCUT2D eigenvalue weighted by Crippen LogP contribution is -2.37. The molecule has 0 radical (unpaired) electrons. The minimum atomic E-state index is -0.342. The second-order valence-corrected chi connectivity index (χ2v) is 6.70. The molecule has 0 saturated heterocycles. The van der Waals surface area contributed by atoms with Crippen molar-refractivity contribution < 1.29 is 14.3 Å². The Morgan fingerprint density at radius 1 is 1.32 bits per heavy atom. The predicted octanol–water partition coefficient (Wildman–Crippen LogP) is 3.03. The monoisotopic (exact) mass is 379 g/mol. The Morgan fingerprint density at radius 2 is 2.18 bits per heavy atom. The Balaban J connectivity index is 1.55. The Labute approximate surface area is 161 Å². The second-order valence-electron chi connectivity index (χ2n) is 6.70. The van der Waals surface area contributed by atoms with E-state index in [0.717, 1.165) is 28.0 Å². The number of carbonyl (C=O) groups is 2. The number of fused-ring (bicyclic) bond motifs is 2. The molecule has 8 nitrogen and oxygen atoms in total. The Morgan fingerprint density at radius 3 is 3.00 bits per heavy atom. The maximum absolute atomic E-state index is 12.9. The lowest BCUT2D eigenvalue weighted by Gasteiger charge is -2.28. The first-order valence-electron chi connectivity index (χ1n) is 9.20. The molecule has 0 bridgehead atoms. The van der Waals surface area contributed by atoms with Gasteiger partial charge >= 0.3 is 6.09 Å². The maximum Gasteiger partial charge on any atom is 0.410 e. The molecule has 0 saturated carbocycles. The third kappa shape index (κ3) is 3.40. The third-order valence-corrected chi connectivity index (χ3v) is 4.77. The van der Waals surface area contributed by atoms with Crippen LogP contribution in [0.3, 0.4) is 0 Å². The number of imidazole rings is 1. The molecule has 4 rings (SSSR count). The molecule has 2 amide bonds. The SMILES string of the molecule is CCOC(=O)N1CCc2c(cncc2C(=O)Nc2ccc3nc(C)[nH]c3c2)C1. The van der Waals surface area contributed by atoms with Crippen molar-refractivity contribution in [1.29, 1.82) is 0 Å². The molecule has 0 aliphatic carbocycles. The molecule has 8 heteroatoms. The van der Waals surface area contributed by atoms with E-state index in [1.807, 2.05) is 25.1 Å². The van der Waals surface area contributed by atoms with Gasteiger partial charge in [-0.2, -0.15) is 0 Å². The van der Waals surface area contributed by atoms with E-state index < -0.39 is 0 Å². The zero-order valence-electron chi connectivity index (χ0n) is 15.8. The third-order valence-electron chi connectivity index (χ3n) is 4.77. The fourth-order valence-electron chi connectivity index (χ4n) is 3.47. The predicted molar refractivity (Wildman–Crippen MR) is 104 cm³/mol. The maximum atomic E-state index is 12.9. The van der Waals surface area contributed by atoms with E-state index in [2.05, 4.69) is 20.3 Å². The quantitative estimate of drug-likeness (QED) is 0.729. The van der Waals surface area contributed by atoms with Crippen LogP contribution in [0.25, 0.3) is 11.0 Å². The first kappa shape index (κ1) is 18.0. The molecule has 1 aromatic carbocycles. The number of H-pyrrole nitrogens is 1. The topological polar surface area (TPSA) is 100 Å². The van der Waals surface area contributed by atoms with E-state index in [9.17, 15) is 9.59 Å². The molecular formula is C20H21N5O3. The van der Waals surface area contributed by atoms with Gasteiger partial charge in [0, 0.05) is 24.6 Å². The number of benzene rings is 1. The number of nitrogens with zero attached hydrogens (tertiary/aromatic N) is 3. The van der Waals surface area contributed by atoms with Crippen LogP contribution in [0.15, 0.2) is 30.6 Å². The number of hydrogen-bond donors (Lipinski definition) is 2. The number of nitrogens with one attached hydrogen (secondary N) is 2. The summed E-state index contributed by atoms with van der Waals surface area (Å²) in [5, 5.41) is 2.93. The highest BCUT2D eigenvalue weighted by Crippen LogP contribution is 2.24. The van der Waals surface area contributed by atoms with Crippen molar-refractivity contribution in [2.75, 3.05) is 18.5 Å². The summed E-state index contributed by atoms with van der Waals surface area (Å²) >= 11 is 0. The number of amides is 2. The van der Waals surface area contributed by atoms with Crippen LogP contribution < -0.4 is 5.32 Å². The van der Waals surface area contributed by atoms with E-state index in [1.54, 1.807) is 24.2 Å². The molecule has 1 aliphatic rings. The number of hydrogen-bond acceptors (Lipinski definition) is 5. The van der Waals surface area contributed by atoms with Gasteiger partial charge in [0.25, 0.3) is 5.91 Å². The van der Waals surface area contributed by atoms with Crippen LogP contribution in [0.2, 0.25) is 0 Å². The lowest BCUT2D eigenvalue weighted by molar-refractivity contribution is 0.101. The number of aromatic nitrogens is 3. The average Bonchev–Trinajstić information content (AvgIpc) is 3.06. The number of ether oxygens (including phenoxy) is 1. The summed E-state index contributed by atoms with van der Waals surface area (Å²) in [6.07, 6.45) is 3.52. The summed E-state index contributed by atoms with van der Waals surface area (Å²) in [7, 11) is 0. The molecule has 3 heterocycles. The van der Waals surface area contributed by atoms with Crippen LogP contribution in [0, 0.1) is 6.92 Å². The van der Waals surface area contributed by atoms with E-state index in [-0.39, 0.29) is 12.0 Å². The number of anilines is 1. The van der Waals surface area contributed by atoms with Gasteiger partial charge in [-0.1, -0.05) is 0 Å². The van der Waals surface area contributed by atoms with E-state index in [1.165, 1.54) is 0 Å². The summed E-state index contributed by atoms with van der Waals surface area (Å²) in [5.41, 5.74) is 4.73. The van der Waals surface area contributed by atoms with Crippen molar-refractivity contribution in [3.8, 4) is 0 Å². The zero-order chi connectivity index (χ0) is 19.7. The van der Waals surface area contributed by atoms with E-state index in [0.29, 0.717) is 37.4 Å². The standard InChI is InChI=1S/C20H21N5O3/c1-3-28-20(27)25-7-6-15-13(11-25)9-21-10-16(15)19(26)24-14-4-5-17-18(8-14)23-12(2)22-17/h4-5,8-10H,3,6-7,11H2,1-2H3,(H,22,23)(H,24,26). The van der Waals surface area contributed by atoms with Gasteiger partial charge < -0.3 is 19.9 Å². The minimum Gasteiger partial charge on any atom is -0.450 e. The van der Waals surface area contributed by atoms with Gasteiger partial charge in [0.15, 0.2) is 0 Å². The van der Waals surface area contributed by atoms with Crippen molar-refractivity contribution in [3.05, 3.63) is 53.1 Å². The first-order chi connectivity index (χ1) is 13.5. The van der Waals surface area contributed by atoms with Crippen LogP contribution in [0.5, 0.6) is 0 Å². The van der Waals surface area contributed by atoms with Gasteiger partial charge in [-0.3, -0.25) is 9.78 Å². The fraction of sp³-hybridized carbons (Fsp3) is 0.300. The normalized spacial score (nSPS) is 13.3. The molecule has 0 fully saturated rings. The van der Waals surface area contributed by atoms with Gasteiger partial charge in [-0.05, 0) is 49.6 Å². The Bertz CT molecular complexity index is 1060. The van der Waals surface area contributed by atoms with Crippen molar-refractivity contribution >= 4 is 28.7 Å². The second kappa shape index (κ2) is 7.30. The average molecular weight is 379 g/mol. The summed E-state index contributed by atoms with van der Waals surface area (Å²) in [4.78, 5) is 38.2. The molecule has 144 valence electrons. The molecule has 2 N–H and O–H groups in total. The Kier molecular flexibility index (Phi) is 4.68. The molecule has 3 aromatic rings. The van der Waals surface area contributed by atoms with Crippen molar-refractivity contribution in [3.63, 3.8) is 0 Å². The fourth-order valence-corrected chi connectivity index (χ4v) is 3.47. The van der Waals surface area contributed by atoms with Crippen molar-refractivity contribution in [2.45, 2.75) is 26.8 Å². The summed E-state index contributed by atoms with van der Waals surface area (Å²) < 4.78 is 5.07. The van der Waals surface area contributed by atoms with Crippen LogP contribution in [0.1, 0.15) is 34.2 Å². The highest BCUT2D eigenvalue weighted by atomic mass is 16.6. The molecule has 0 atom stereocenters. The summed E-state index contributed by atoms with van der Waals surface area (Å²) in [6, 6.07) is 5.55. The number of pyridine rings is 1. The van der Waals surface area contributed by atoms with E-state index >= 15 is 0 Å². The van der Waals surface area contributed by atoms with E-state index in [4.69, 9.17) is 4.74 Å². The van der Waals surface area contributed by atoms with Gasteiger partial charge in [-0.25, -0.2) is 9.78 Å². The highest BCUT2D eigenvalue weighted by Gasteiger charge is 2.25. The van der Waals surface area contributed by atoms with Crippen LogP contribution >= 0.6 is 0 Å². The van der Waals surface area contributed by atoms with Gasteiger partial charge in [0.2, 0.25) is 0 Å². The minimum absolute atomic E-state index is 0.218. The van der Waals surface area contributed by atoms with Crippen LogP contribution in [-0.2, 0) is 17.7 Å². The lowest BCUT2D eigenvalue weighted by atomic mass is 9.97. The number of aryl methyl sites for hydroxylation is 1. The molecule has 0 unspecified atom stereocenters. The smallest absolute Gasteiger partial charge is 0.410 e. The summed E-state index contributed by atoms with van der Waals surface area (Å²) in [6.45, 7) is 4.90. The van der Waals surface area contributed by atoms with Crippen molar-refractivity contribution in [2.24, 2.45) is 0 Å². The molecule has 1 aliphatic heterocycles. The molecule has 28 heavy (non-hydrogen) atoms. The number of aromatic amines is 1.